The summed E-state index contributed by atoms with van der Waals surface area (Å²) >= 11 is 1.74. The first kappa shape index (κ1) is 23.9. The topological polar surface area (TPSA) is 112 Å². The molecule has 0 bridgehead atoms. The maximum atomic E-state index is 12.8. The molecule has 0 atom stereocenters. The summed E-state index contributed by atoms with van der Waals surface area (Å²) in [4.78, 5) is 29.3. The lowest BCUT2D eigenvalue weighted by Crippen LogP contribution is -2.42. The minimum absolute atomic E-state index is 0.138. The predicted molar refractivity (Wildman–Crippen MR) is 120 cm³/mol. The number of aromatic amines is 1. The molecule has 9 nitrogen and oxygen atoms in total. The molecule has 11 heteroatoms. The fourth-order valence-electron chi connectivity index (χ4n) is 3.64. The van der Waals surface area contributed by atoms with E-state index in [2.05, 4.69) is 10.3 Å². The van der Waals surface area contributed by atoms with E-state index >= 15 is 0 Å². The number of piperidine rings is 1. The molecule has 2 aliphatic heterocycles. The van der Waals surface area contributed by atoms with Crippen LogP contribution in [-0.2, 0) is 14.8 Å². The van der Waals surface area contributed by atoms with Crippen molar-refractivity contribution in [2.45, 2.75) is 44.1 Å². The van der Waals surface area contributed by atoms with Gasteiger partial charge in [0.2, 0.25) is 10.0 Å². The number of alkyl carbamates (subject to hydrolysis) is 1. The zero-order chi connectivity index (χ0) is 22.6. The van der Waals surface area contributed by atoms with Crippen molar-refractivity contribution in [3.05, 3.63) is 18.0 Å². The monoisotopic (exact) mass is 472 g/mol. The number of H-pyrrole nitrogens is 1. The summed E-state index contributed by atoms with van der Waals surface area (Å²) in [6, 6.07) is 1.44. The highest BCUT2D eigenvalue weighted by molar-refractivity contribution is 7.99. The van der Waals surface area contributed by atoms with Crippen molar-refractivity contribution in [3.8, 4) is 0 Å². The first-order valence-corrected chi connectivity index (χ1v) is 13.2. The lowest BCUT2D eigenvalue weighted by Gasteiger charge is -2.32. The Morgan fingerprint density at radius 3 is 2.45 bits per heavy atom. The molecular formula is C20H32N4O5S2. The molecule has 0 spiro atoms. The van der Waals surface area contributed by atoms with Crippen LogP contribution in [0.1, 0.15) is 44.1 Å². The Morgan fingerprint density at radius 2 is 1.84 bits per heavy atom. The average Bonchev–Trinajstić information content (AvgIpc) is 3.23. The number of ether oxygens (including phenoxy) is 1. The lowest BCUT2D eigenvalue weighted by molar-refractivity contribution is 0.0499. The molecule has 2 aliphatic rings. The standard InChI is InChI=1S/C20H32N4O5S2/c1-20(2,3)29-19(26)22-13-15-4-6-23(7-5-15)18(25)17-12-16(14-21-17)31(27,28)24-8-10-30-11-9-24/h12,14-15,21H,4-11,13H2,1-3H3,(H,22,26). The van der Waals surface area contributed by atoms with Crippen LogP contribution in [0.5, 0.6) is 0 Å². The van der Waals surface area contributed by atoms with Gasteiger partial charge in [0.15, 0.2) is 0 Å². The van der Waals surface area contributed by atoms with Gasteiger partial charge in [0, 0.05) is 50.4 Å². The quantitative estimate of drug-likeness (QED) is 0.679. The normalized spacial score (nSPS) is 19.3. The SMILES string of the molecule is CC(C)(C)OC(=O)NCC1CCN(C(=O)c2cc(S(=O)(=O)N3CCSCC3)c[nH]2)CC1. The molecule has 0 radical (unpaired) electrons. The minimum atomic E-state index is -3.58. The number of sulfonamides is 1. The van der Waals surface area contributed by atoms with E-state index in [-0.39, 0.29) is 22.4 Å². The van der Waals surface area contributed by atoms with Crippen LogP contribution in [0.15, 0.2) is 17.2 Å². The van der Waals surface area contributed by atoms with Crippen LogP contribution in [0.25, 0.3) is 0 Å². The molecule has 3 rings (SSSR count). The Bertz CT molecular complexity index is 880. The molecule has 1 aromatic heterocycles. The molecule has 2 amide bonds. The van der Waals surface area contributed by atoms with E-state index in [1.807, 2.05) is 20.8 Å². The summed E-state index contributed by atoms with van der Waals surface area (Å²) in [6.07, 6.45) is 2.50. The second kappa shape index (κ2) is 9.83. The van der Waals surface area contributed by atoms with E-state index in [0.29, 0.717) is 32.7 Å². The Labute approximate surface area is 188 Å². The largest absolute Gasteiger partial charge is 0.444 e. The molecule has 2 saturated heterocycles. The number of thioether (sulfide) groups is 1. The molecule has 0 unspecified atom stereocenters. The van der Waals surface area contributed by atoms with Gasteiger partial charge < -0.3 is 19.9 Å². The van der Waals surface area contributed by atoms with E-state index in [1.165, 1.54) is 16.6 Å². The van der Waals surface area contributed by atoms with E-state index in [1.54, 1.807) is 16.7 Å². The highest BCUT2D eigenvalue weighted by Crippen LogP contribution is 2.23. The first-order valence-electron chi connectivity index (χ1n) is 10.6. The molecule has 174 valence electrons. The summed E-state index contributed by atoms with van der Waals surface area (Å²) in [5.41, 5.74) is -0.245. The van der Waals surface area contributed by atoms with Crippen molar-refractivity contribution < 1.29 is 22.7 Å². The lowest BCUT2D eigenvalue weighted by atomic mass is 9.96. The van der Waals surface area contributed by atoms with Gasteiger partial charge in [-0.3, -0.25) is 4.79 Å². The van der Waals surface area contributed by atoms with E-state index < -0.39 is 21.7 Å². The summed E-state index contributed by atoms with van der Waals surface area (Å²) in [6.45, 7) is 8.07. The summed E-state index contributed by atoms with van der Waals surface area (Å²) in [5.74, 6) is 1.64. The molecule has 0 aliphatic carbocycles. The fourth-order valence-corrected chi connectivity index (χ4v) is 6.21. The number of likely N-dealkylation sites (tertiary alicyclic amines) is 1. The number of amides is 2. The molecule has 1 aromatic rings. The third-order valence-electron chi connectivity index (χ3n) is 5.33. The Hall–Kier alpha value is -1.72. The molecule has 0 saturated carbocycles. The predicted octanol–water partition coefficient (Wildman–Crippen LogP) is 2.13. The number of hydrogen-bond donors (Lipinski definition) is 2. The second-order valence-corrected chi connectivity index (χ2v) is 12.0. The summed E-state index contributed by atoms with van der Waals surface area (Å²) in [7, 11) is -3.58. The number of nitrogens with one attached hydrogen (secondary N) is 2. The van der Waals surface area contributed by atoms with Gasteiger partial charge in [0.25, 0.3) is 5.91 Å². The van der Waals surface area contributed by atoms with Crippen LogP contribution in [0.2, 0.25) is 0 Å². The van der Waals surface area contributed by atoms with Gasteiger partial charge in [-0.1, -0.05) is 0 Å². The average molecular weight is 473 g/mol. The maximum absolute atomic E-state index is 12.8. The zero-order valence-corrected chi connectivity index (χ0v) is 20.0. The number of carbonyl (C=O) groups excluding carboxylic acids is 2. The zero-order valence-electron chi connectivity index (χ0n) is 18.3. The molecule has 2 fully saturated rings. The highest BCUT2D eigenvalue weighted by atomic mass is 32.2. The number of hydrogen-bond acceptors (Lipinski definition) is 6. The highest BCUT2D eigenvalue weighted by Gasteiger charge is 2.30. The number of aromatic nitrogens is 1. The third kappa shape index (κ3) is 6.39. The summed E-state index contributed by atoms with van der Waals surface area (Å²) in [5, 5.41) is 2.79. The van der Waals surface area contributed by atoms with Crippen molar-refractivity contribution >= 4 is 33.8 Å². The van der Waals surface area contributed by atoms with Gasteiger partial charge in [0.1, 0.15) is 16.2 Å². The fraction of sp³-hybridized carbons (Fsp3) is 0.700. The Morgan fingerprint density at radius 1 is 1.19 bits per heavy atom. The van der Waals surface area contributed by atoms with Crippen LogP contribution in [0.4, 0.5) is 4.79 Å². The number of rotatable bonds is 5. The number of carbonyl (C=O) groups is 2. The van der Waals surface area contributed by atoms with Gasteiger partial charge in [-0.05, 0) is 45.6 Å². The van der Waals surface area contributed by atoms with Crippen molar-refractivity contribution in [2.75, 3.05) is 44.2 Å². The van der Waals surface area contributed by atoms with Crippen LogP contribution in [0.3, 0.4) is 0 Å². The second-order valence-electron chi connectivity index (χ2n) is 8.88. The van der Waals surface area contributed by atoms with Crippen molar-refractivity contribution in [1.29, 1.82) is 0 Å². The molecule has 3 heterocycles. The first-order chi connectivity index (χ1) is 14.6. The molecule has 0 aromatic carbocycles. The van der Waals surface area contributed by atoms with E-state index in [9.17, 15) is 18.0 Å². The van der Waals surface area contributed by atoms with Crippen LogP contribution in [-0.4, -0.2) is 84.4 Å². The minimum Gasteiger partial charge on any atom is -0.444 e. The van der Waals surface area contributed by atoms with Gasteiger partial charge in [0.05, 0.1) is 0 Å². The molecule has 2 N–H and O–H groups in total. The van der Waals surface area contributed by atoms with Gasteiger partial charge in [-0.25, -0.2) is 13.2 Å². The molecular weight excluding hydrogens is 440 g/mol. The van der Waals surface area contributed by atoms with Crippen LogP contribution >= 0.6 is 11.8 Å². The van der Waals surface area contributed by atoms with Gasteiger partial charge in [-0.2, -0.15) is 16.1 Å². The molecule has 31 heavy (non-hydrogen) atoms. The van der Waals surface area contributed by atoms with Crippen molar-refractivity contribution in [3.63, 3.8) is 0 Å². The smallest absolute Gasteiger partial charge is 0.407 e. The van der Waals surface area contributed by atoms with Crippen LogP contribution in [0, 0.1) is 5.92 Å². The van der Waals surface area contributed by atoms with Gasteiger partial charge in [-0.15, -0.1) is 0 Å². The van der Waals surface area contributed by atoms with E-state index in [4.69, 9.17) is 4.74 Å². The van der Waals surface area contributed by atoms with Crippen molar-refractivity contribution in [2.24, 2.45) is 5.92 Å². The summed E-state index contributed by atoms with van der Waals surface area (Å²) < 4.78 is 32.3. The van der Waals surface area contributed by atoms with Crippen molar-refractivity contribution in [1.82, 2.24) is 19.5 Å². The maximum Gasteiger partial charge on any atom is 0.407 e. The van der Waals surface area contributed by atoms with E-state index in [0.717, 1.165) is 24.3 Å². The Kier molecular flexibility index (Phi) is 7.59. The third-order valence-corrected chi connectivity index (χ3v) is 8.15. The number of nitrogens with zero attached hydrogens (tertiary/aromatic N) is 2. The Balaban J connectivity index is 1.50. The van der Waals surface area contributed by atoms with Gasteiger partial charge >= 0.3 is 6.09 Å². The van der Waals surface area contributed by atoms with Crippen LogP contribution < -0.4 is 5.32 Å².